The lowest BCUT2D eigenvalue weighted by molar-refractivity contribution is 0.0562. The lowest BCUT2D eigenvalue weighted by Crippen LogP contribution is -2.44. The molecule has 3 rings (SSSR count). The van der Waals surface area contributed by atoms with Crippen LogP contribution in [0.3, 0.4) is 0 Å². The van der Waals surface area contributed by atoms with Gasteiger partial charge in [0.25, 0.3) is 5.91 Å². The summed E-state index contributed by atoms with van der Waals surface area (Å²) in [6.07, 6.45) is 0.619. The predicted molar refractivity (Wildman–Crippen MR) is 105 cm³/mol. The summed E-state index contributed by atoms with van der Waals surface area (Å²) >= 11 is 0. The first-order chi connectivity index (χ1) is 12.5. The van der Waals surface area contributed by atoms with E-state index in [1.165, 1.54) is 7.11 Å². The minimum atomic E-state index is -0.887. The Hall–Kier alpha value is -2.41. The van der Waals surface area contributed by atoms with Crippen LogP contribution in [0.5, 0.6) is 0 Å². The molecular formula is C20H23ClN2O4. The average molecular weight is 391 g/mol. The van der Waals surface area contributed by atoms with E-state index in [9.17, 15) is 14.7 Å². The van der Waals surface area contributed by atoms with Gasteiger partial charge in [0.2, 0.25) is 0 Å². The molecule has 0 bridgehead atoms. The molecule has 1 fully saturated rings. The normalized spacial score (nSPS) is 18.4. The van der Waals surface area contributed by atoms with Crippen LogP contribution in [0.25, 0.3) is 11.1 Å². The highest BCUT2D eigenvalue weighted by Crippen LogP contribution is 2.22. The van der Waals surface area contributed by atoms with E-state index in [1.807, 2.05) is 12.1 Å². The Morgan fingerprint density at radius 1 is 1.15 bits per heavy atom. The fourth-order valence-electron chi connectivity index (χ4n) is 3.01. The van der Waals surface area contributed by atoms with E-state index in [-0.39, 0.29) is 24.9 Å². The number of amides is 1. The molecule has 0 spiro atoms. The van der Waals surface area contributed by atoms with Crippen molar-refractivity contribution in [3.63, 3.8) is 0 Å². The molecule has 0 saturated carbocycles. The minimum Gasteiger partial charge on any atom is -0.465 e. The van der Waals surface area contributed by atoms with Crippen molar-refractivity contribution in [2.75, 3.05) is 26.7 Å². The topological polar surface area (TPSA) is 87.7 Å². The Morgan fingerprint density at radius 3 is 2.37 bits per heavy atom. The van der Waals surface area contributed by atoms with Gasteiger partial charge in [0, 0.05) is 18.7 Å². The zero-order chi connectivity index (χ0) is 18.6. The molecule has 144 valence electrons. The van der Waals surface area contributed by atoms with Crippen LogP contribution in [-0.4, -0.2) is 49.3 Å². The van der Waals surface area contributed by atoms with Gasteiger partial charge in [-0.2, -0.15) is 0 Å². The van der Waals surface area contributed by atoms with E-state index in [1.54, 1.807) is 36.4 Å². The Kier molecular flexibility index (Phi) is 6.96. The number of ether oxygens (including phenoxy) is 1. The van der Waals surface area contributed by atoms with Crippen molar-refractivity contribution in [3.8, 4) is 11.1 Å². The summed E-state index contributed by atoms with van der Waals surface area (Å²) < 4.78 is 4.75. The molecule has 1 atom stereocenters. The molecule has 1 aliphatic heterocycles. The summed E-state index contributed by atoms with van der Waals surface area (Å²) in [6.45, 7) is 1.44. The molecule has 1 unspecified atom stereocenters. The molecule has 2 aromatic rings. The quantitative estimate of drug-likeness (QED) is 0.680. The Balaban J connectivity index is 0.00000261. The number of methoxy groups -OCH3 is 1. The first-order valence-corrected chi connectivity index (χ1v) is 8.51. The number of hydrogen-bond acceptors (Lipinski definition) is 5. The second-order valence-corrected chi connectivity index (χ2v) is 6.49. The zero-order valence-corrected chi connectivity index (χ0v) is 15.8. The molecule has 0 aliphatic carbocycles. The van der Waals surface area contributed by atoms with Crippen molar-refractivity contribution in [1.29, 1.82) is 0 Å². The third kappa shape index (κ3) is 5.07. The maximum absolute atomic E-state index is 12.4. The Labute approximate surface area is 164 Å². The third-order valence-corrected chi connectivity index (χ3v) is 4.54. The second-order valence-electron chi connectivity index (χ2n) is 6.49. The zero-order valence-electron chi connectivity index (χ0n) is 15.0. The van der Waals surface area contributed by atoms with Crippen LogP contribution < -0.4 is 10.6 Å². The number of hydrogen-bond donors (Lipinski definition) is 3. The van der Waals surface area contributed by atoms with E-state index >= 15 is 0 Å². The maximum Gasteiger partial charge on any atom is 0.337 e. The van der Waals surface area contributed by atoms with Crippen molar-refractivity contribution in [1.82, 2.24) is 10.6 Å². The summed E-state index contributed by atoms with van der Waals surface area (Å²) in [5.74, 6) is -0.643. The standard InChI is InChI=1S/C20H22N2O4.ClH/c1-26-19(24)17-7-3-5-15(11-17)14-4-2-6-16(10-14)18(23)22-13-20(25)8-9-21-12-20;/h2-7,10-11,21,25H,8-9,12-13H2,1H3,(H,22,23);1H. The molecule has 0 aromatic heterocycles. The van der Waals surface area contributed by atoms with Crippen LogP contribution >= 0.6 is 12.4 Å². The summed E-state index contributed by atoms with van der Waals surface area (Å²) in [7, 11) is 1.34. The van der Waals surface area contributed by atoms with Gasteiger partial charge in [-0.1, -0.05) is 24.3 Å². The van der Waals surface area contributed by atoms with E-state index in [2.05, 4.69) is 10.6 Å². The number of nitrogens with one attached hydrogen (secondary N) is 2. The van der Waals surface area contributed by atoms with E-state index < -0.39 is 11.6 Å². The number of halogens is 1. The van der Waals surface area contributed by atoms with Gasteiger partial charge in [0.15, 0.2) is 0 Å². The van der Waals surface area contributed by atoms with Crippen molar-refractivity contribution in [2.24, 2.45) is 0 Å². The molecule has 3 N–H and O–H groups in total. The molecule has 0 radical (unpaired) electrons. The van der Waals surface area contributed by atoms with Crippen LogP contribution in [0, 0.1) is 0 Å². The number of aliphatic hydroxyl groups is 1. The highest BCUT2D eigenvalue weighted by Gasteiger charge is 2.31. The fourth-order valence-corrected chi connectivity index (χ4v) is 3.01. The molecule has 7 heteroatoms. The highest BCUT2D eigenvalue weighted by molar-refractivity contribution is 5.96. The smallest absolute Gasteiger partial charge is 0.337 e. The number of benzene rings is 2. The molecule has 6 nitrogen and oxygen atoms in total. The van der Waals surface area contributed by atoms with Crippen molar-refractivity contribution >= 4 is 24.3 Å². The number of rotatable bonds is 5. The lowest BCUT2D eigenvalue weighted by atomic mass is 10.0. The molecule has 1 amide bonds. The lowest BCUT2D eigenvalue weighted by Gasteiger charge is -2.21. The van der Waals surface area contributed by atoms with Crippen LogP contribution in [0.2, 0.25) is 0 Å². The summed E-state index contributed by atoms with van der Waals surface area (Å²) in [4.78, 5) is 24.1. The van der Waals surface area contributed by atoms with Crippen LogP contribution in [-0.2, 0) is 4.74 Å². The summed E-state index contributed by atoms with van der Waals surface area (Å²) in [6, 6.07) is 14.2. The minimum absolute atomic E-state index is 0. The van der Waals surface area contributed by atoms with Crippen LogP contribution in [0.4, 0.5) is 0 Å². The molecule has 2 aromatic carbocycles. The molecule has 1 heterocycles. The van der Waals surface area contributed by atoms with Crippen molar-refractivity contribution in [3.05, 3.63) is 59.7 Å². The Bertz CT molecular complexity index is 819. The SMILES string of the molecule is COC(=O)c1cccc(-c2cccc(C(=O)NCC3(O)CCNC3)c2)c1.Cl. The van der Waals surface area contributed by atoms with Gasteiger partial charge in [0.05, 0.1) is 18.3 Å². The fraction of sp³-hybridized carbons (Fsp3) is 0.300. The van der Waals surface area contributed by atoms with Gasteiger partial charge in [-0.15, -0.1) is 12.4 Å². The molecule has 1 aliphatic rings. The monoisotopic (exact) mass is 390 g/mol. The predicted octanol–water partition coefficient (Wildman–Crippen LogP) is 2.02. The largest absolute Gasteiger partial charge is 0.465 e. The van der Waals surface area contributed by atoms with E-state index in [4.69, 9.17) is 4.74 Å². The van der Waals surface area contributed by atoms with Crippen LogP contribution in [0.1, 0.15) is 27.1 Å². The second kappa shape index (κ2) is 8.99. The van der Waals surface area contributed by atoms with Gasteiger partial charge in [-0.25, -0.2) is 4.79 Å². The maximum atomic E-state index is 12.4. The number of esters is 1. The number of carbonyl (C=O) groups excluding carboxylic acids is 2. The molecular weight excluding hydrogens is 368 g/mol. The van der Waals surface area contributed by atoms with Gasteiger partial charge < -0.3 is 20.5 Å². The van der Waals surface area contributed by atoms with Gasteiger partial charge >= 0.3 is 5.97 Å². The Morgan fingerprint density at radius 2 is 1.78 bits per heavy atom. The molecule has 27 heavy (non-hydrogen) atoms. The molecule has 1 saturated heterocycles. The average Bonchev–Trinajstić information content (AvgIpc) is 3.12. The summed E-state index contributed by atoms with van der Waals surface area (Å²) in [5, 5.41) is 16.2. The van der Waals surface area contributed by atoms with Crippen LogP contribution in [0.15, 0.2) is 48.5 Å². The highest BCUT2D eigenvalue weighted by atomic mass is 35.5. The van der Waals surface area contributed by atoms with Gasteiger partial charge in [-0.05, 0) is 48.4 Å². The van der Waals surface area contributed by atoms with Crippen molar-refractivity contribution < 1.29 is 19.4 Å². The third-order valence-electron chi connectivity index (χ3n) is 4.54. The first kappa shape index (κ1) is 20.9. The van der Waals surface area contributed by atoms with Gasteiger partial charge in [-0.3, -0.25) is 4.79 Å². The van der Waals surface area contributed by atoms with Gasteiger partial charge in [0.1, 0.15) is 0 Å². The van der Waals surface area contributed by atoms with E-state index in [0.717, 1.165) is 17.7 Å². The van der Waals surface area contributed by atoms with Crippen molar-refractivity contribution in [2.45, 2.75) is 12.0 Å². The number of carbonyl (C=O) groups is 2. The summed E-state index contributed by atoms with van der Waals surface area (Å²) in [5.41, 5.74) is 1.71. The van der Waals surface area contributed by atoms with E-state index in [0.29, 0.717) is 24.1 Å². The number of β-amino-alcohol motifs (C(OH)–C–C–N with tert-alkyl or cyclic N) is 1. The first-order valence-electron chi connectivity index (χ1n) is 8.51.